The Balaban J connectivity index is 2.49. The lowest BCUT2D eigenvalue weighted by atomic mass is 10.2. The third-order valence-corrected chi connectivity index (χ3v) is 2.24. The van der Waals surface area contributed by atoms with Crippen LogP contribution in [0.25, 0.3) is 0 Å². The zero-order chi connectivity index (χ0) is 12.5. The highest BCUT2D eigenvalue weighted by atomic mass is 16.5. The second kappa shape index (κ2) is 7.46. The van der Waals surface area contributed by atoms with Crippen LogP contribution in [0.3, 0.4) is 0 Å². The molecule has 0 atom stereocenters. The summed E-state index contributed by atoms with van der Waals surface area (Å²) in [6, 6.07) is 7.63. The standard InChI is InChI=1S/C13H18N2O2/c1-14-9-13(17-2)7-8-15-12-5-3-11(10-16)4-6-12/h3-7,9,15-16H,8,10H2,1-2H3/b13-7+,14-9?. The van der Waals surface area contributed by atoms with Crippen LogP contribution >= 0.6 is 0 Å². The lowest BCUT2D eigenvalue weighted by molar-refractivity contribution is 0.282. The van der Waals surface area contributed by atoms with E-state index in [9.17, 15) is 0 Å². The number of rotatable bonds is 6. The van der Waals surface area contributed by atoms with E-state index < -0.39 is 0 Å². The summed E-state index contributed by atoms with van der Waals surface area (Å²) in [5, 5.41) is 12.1. The first-order valence-corrected chi connectivity index (χ1v) is 5.40. The molecule has 0 saturated heterocycles. The van der Waals surface area contributed by atoms with Gasteiger partial charge >= 0.3 is 0 Å². The minimum atomic E-state index is 0.0704. The molecule has 0 radical (unpaired) electrons. The number of aliphatic hydroxyl groups excluding tert-OH is 1. The van der Waals surface area contributed by atoms with Crippen molar-refractivity contribution in [1.82, 2.24) is 0 Å². The summed E-state index contributed by atoms with van der Waals surface area (Å²) in [7, 11) is 3.32. The van der Waals surface area contributed by atoms with Gasteiger partial charge in [-0.1, -0.05) is 12.1 Å². The van der Waals surface area contributed by atoms with Crippen LogP contribution in [0.5, 0.6) is 0 Å². The second-order valence-corrected chi connectivity index (χ2v) is 3.43. The predicted octanol–water partition coefficient (Wildman–Crippen LogP) is 1.82. The van der Waals surface area contributed by atoms with Crippen molar-refractivity contribution in [3.63, 3.8) is 0 Å². The molecule has 0 fully saturated rings. The number of nitrogens with one attached hydrogen (secondary N) is 1. The van der Waals surface area contributed by atoms with E-state index in [1.807, 2.05) is 30.3 Å². The van der Waals surface area contributed by atoms with Gasteiger partial charge in [-0.15, -0.1) is 0 Å². The summed E-state index contributed by atoms with van der Waals surface area (Å²) in [5.41, 5.74) is 1.91. The molecular weight excluding hydrogens is 216 g/mol. The minimum Gasteiger partial charge on any atom is -0.495 e. The molecule has 2 N–H and O–H groups in total. The number of aliphatic imine (C=N–C) groups is 1. The summed E-state index contributed by atoms with van der Waals surface area (Å²) in [5.74, 6) is 0.729. The second-order valence-electron chi connectivity index (χ2n) is 3.43. The van der Waals surface area contributed by atoms with Crippen LogP contribution in [-0.2, 0) is 11.3 Å². The Morgan fingerprint density at radius 1 is 1.41 bits per heavy atom. The first-order chi connectivity index (χ1) is 8.30. The van der Waals surface area contributed by atoms with Crippen LogP contribution in [0, 0.1) is 0 Å². The zero-order valence-corrected chi connectivity index (χ0v) is 10.2. The Bertz CT molecular complexity index is 383. The molecule has 1 aromatic carbocycles. The van der Waals surface area contributed by atoms with Gasteiger partial charge in [-0.3, -0.25) is 4.99 Å². The fourth-order valence-corrected chi connectivity index (χ4v) is 1.31. The molecule has 92 valence electrons. The van der Waals surface area contributed by atoms with Gasteiger partial charge in [0.2, 0.25) is 0 Å². The van der Waals surface area contributed by atoms with E-state index in [2.05, 4.69) is 10.3 Å². The van der Waals surface area contributed by atoms with Crippen molar-refractivity contribution in [3.05, 3.63) is 41.7 Å². The molecule has 17 heavy (non-hydrogen) atoms. The molecule has 0 aliphatic carbocycles. The normalized spacial score (nSPS) is 11.8. The number of benzene rings is 1. The Morgan fingerprint density at radius 3 is 2.65 bits per heavy atom. The van der Waals surface area contributed by atoms with E-state index >= 15 is 0 Å². The molecule has 4 heteroatoms. The van der Waals surface area contributed by atoms with E-state index in [4.69, 9.17) is 9.84 Å². The van der Waals surface area contributed by atoms with Crippen LogP contribution in [0.1, 0.15) is 5.56 Å². The quantitative estimate of drug-likeness (QED) is 0.583. The van der Waals surface area contributed by atoms with Crippen molar-refractivity contribution in [2.75, 3.05) is 26.0 Å². The van der Waals surface area contributed by atoms with E-state index in [0.29, 0.717) is 6.54 Å². The van der Waals surface area contributed by atoms with Gasteiger partial charge in [0.1, 0.15) is 5.76 Å². The van der Waals surface area contributed by atoms with Gasteiger partial charge in [-0.25, -0.2) is 0 Å². The smallest absolute Gasteiger partial charge is 0.134 e. The van der Waals surface area contributed by atoms with Crippen LogP contribution in [0.4, 0.5) is 5.69 Å². The number of ether oxygens (including phenoxy) is 1. The summed E-state index contributed by atoms with van der Waals surface area (Å²) >= 11 is 0. The number of hydrogen-bond acceptors (Lipinski definition) is 4. The Hall–Kier alpha value is -1.81. The zero-order valence-electron chi connectivity index (χ0n) is 10.2. The average Bonchev–Trinajstić information content (AvgIpc) is 2.38. The first-order valence-electron chi connectivity index (χ1n) is 5.40. The lowest BCUT2D eigenvalue weighted by Gasteiger charge is -2.05. The van der Waals surface area contributed by atoms with Crippen LogP contribution in [0.2, 0.25) is 0 Å². The molecule has 1 rings (SSSR count). The highest BCUT2D eigenvalue weighted by molar-refractivity contribution is 5.75. The van der Waals surface area contributed by atoms with E-state index in [1.54, 1.807) is 20.4 Å². The van der Waals surface area contributed by atoms with Gasteiger partial charge in [-0.05, 0) is 23.8 Å². The summed E-state index contributed by atoms with van der Waals surface area (Å²) in [6.45, 7) is 0.731. The third kappa shape index (κ3) is 4.70. The fourth-order valence-electron chi connectivity index (χ4n) is 1.31. The Morgan fingerprint density at radius 2 is 2.12 bits per heavy atom. The highest BCUT2D eigenvalue weighted by Gasteiger charge is 1.93. The van der Waals surface area contributed by atoms with E-state index in [1.165, 1.54) is 0 Å². The Kier molecular flexibility index (Phi) is 5.82. The molecule has 4 nitrogen and oxygen atoms in total. The number of hydrogen-bond donors (Lipinski definition) is 2. The molecule has 0 aliphatic rings. The van der Waals surface area contributed by atoms with Gasteiger partial charge in [0.25, 0.3) is 0 Å². The molecule has 0 amide bonds. The van der Waals surface area contributed by atoms with Gasteiger partial charge in [0.15, 0.2) is 0 Å². The summed E-state index contributed by atoms with van der Waals surface area (Å²) in [4.78, 5) is 3.88. The molecule has 1 aromatic rings. The molecule has 0 aromatic heterocycles. The van der Waals surface area contributed by atoms with Gasteiger partial charge in [0, 0.05) is 19.3 Å². The number of aliphatic hydroxyl groups is 1. The molecule has 0 heterocycles. The van der Waals surface area contributed by atoms with Crippen molar-refractivity contribution in [3.8, 4) is 0 Å². The summed E-state index contributed by atoms with van der Waals surface area (Å²) < 4.78 is 5.10. The highest BCUT2D eigenvalue weighted by Crippen LogP contribution is 2.09. The van der Waals surface area contributed by atoms with Crippen molar-refractivity contribution in [2.45, 2.75) is 6.61 Å². The maximum Gasteiger partial charge on any atom is 0.134 e. The molecule has 0 spiro atoms. The van der Waals surface area contributed by atoms with Gasteiger partial charge in [0.05, 0.1) is 19.9 Å². The SMILES string of the molecule is CN=C/C(=C\CNc1ccc(CO)cc1)OC. The largest absolute Gasteiger partial charge is 0.495 e. The van der Waals surface area contributed by atoms with Gasteiger partial charge in [-0.2, -0.15) is 0 Å². The van der Waals surface area contributed by atoms with Gasteiger partial charge < -0.3 is 15.2 Å². The third-order valence-electron chi connectivity index (χ3n) is 2.24. The monoisotopic (exact) mass is 234 g/mol. The number of allylic oxidation sites excluding steroid dienone is 1. The van der Waals surface area contributed by atoms with Crippen LogP contribution in [-0.4, -0.2) is 32.0 Å². The molecular formula is C13H18N2O2. The maximum absolute atomic E-state index is 8.91. The number of anilines is 1. The molecule has 0 saturated carbocycles. The molecule has 0 aliphatic heterocycles. The molecule has 0 unspecified atom stereocenters. The number of nitrogens with zero attached hydrogens (tertiary/aromatic N) is 1. The minimum absolute atomic E-state index is 0.0704. The maximum atomic E-state index is 8.91. The predicted molar refractivity (Wildman–Crippen MR) is 70.4 cm³/mol. The van der Waals surface area contributed by atoms with Crippen molar-refractivity contribution >= 4 is 11.9 Å². The van der Waals surface area contributed by atoms with Crippen molar-refractivity contribution in [1.29, 1.82) is 0 Å². The summed E-state index contributed by atoms with van der Waals surface area (Å²) in [6.07, 6.45) is 3.57. The topological polar surface area (TPSA) is 53.9 Å². The van der Waals surface area contributed by atoms with Crippen LogP contribution in [0.15, 0.2) is 41.1 Å². The lowest BCUT2D eigenvalue weighted by Crippen LogP contribution is -2.01. The van der Waals surface area contributed by atoms with Crippen molar-refractivity contribution < 1.29 is 9.84 Å². The molecule has 0 bridgehead atoms. The number of methoxy groups -OCH3 is 1. The van der Waals surface area contributed by atoms with Crippen LogP contribution < -0.4 is 5.32 Å². The van der Waals surface area contributed by atoms with Crippen molar-refractivity contribution in [2.24, 2.45) is 4.99 Å². The fraction of sp³-hybridized carbons (Fsp3) is 0.308. The Labute approximate surface area is 102 Å². The van der Waals surface area contributed by atoms with E-state index in [-0.39, 0.29) is 6.61 Å². The average molecular weight is 234 g/mol. The van der Waals surface area contributed by atoms with E-state index in [0.717, 1.165) is 17.0 Å². The first kappa shape index (κ1) is 13.3.